The van der Waals surface area contributed by atoms with Crippen molar-refractivity contribution in [3.05, 3.63) is 18.2 Å². The van der Waals surface area contributed by atoms with Gasteiger partial charge in [0.15, 0.2) is 0 Å². The maximum Gasteiger partial charge on any atom is 0.122 e. The lowest BCUT2D eigenvalue weighted by Gasteiger charge is -2.28. The number of likely N-dealkylation sites (tertiary alicyclic amines) is 1. The van der Waals surface area contributed by atoms with Crippen LogP contribution in [0, 0.1) is 11.8 Å². The largest absolute Gasteiger partial charge is 0.381 e. The Bertz CT molecular complexity index is 436. The van der Waals surface area contributed by atoms with Crippen LogP contribution in [-0.2, 0) is 17.8 Å². The van der Waals surface area contributed by atoms with Gasteiger partial charge in [-0.3, -0.25) is 4.90 Å². The van der Waals surface area contributed by atoms with Gasteiger partial charge in [-0.15, -0.1) is 0 Å². The van der Waals surface area contributed by atoms with Crippen molar-refractivity contribution in [3.8, 4) is 0 Å². The van der Waals surface area contributed by atoms with Crippen molar-refractivity contribution in [2.75, 3.05) is 45.9 Å². The normalized spacial score (nSPS) is 30.5. The zero-order valence-corrected chi connectivity index (χ0v) is 13.5. The first-order chi connectivity index (χ1) is 10.9. The summed E-state index contributed by atoms with van der Waals surface area (Å²) in [6, 6.07) is 0. The molecule has 4 rings (SSSR count). The molecule has 2 atom stereocenters. The fourth-order valence-electron chi connectivity index (χ4n) is 4.30. The van der Waals surface area contributed by atoms with Gasteiger partial charge in [0.2, 0.25) is 0 Å². The average Bonchev–Trinajstić information content (AvgIpc) is 3.22. The van der Waals surface area contributed by atoms with Crippen LogP contribution < -0.4 is 0 Å². The quantitative estimate of drug-likeness (QED) is 0.843. The summed E-state index contributed by atoms with van der Waals surface area (Å²) in [5.41, 5.74) is 0. The number of hydrogen-bond acceptors (Lipinski definition) is 4. The minimum Gasteiger partial charge on any atom is -0.381 e. The summed E-state index contributed by atoms with van der Waals surface area (Å²) in [7, 11) is 0. The molecule has 0 saturated carbocycles. The van der Waals surface area contributed by atoms with E-state index < -0.39 is 0 Å². The summed E-state index contributed by atoms with van der Waals surface area (Å²) in [6.45, 7) is 10.2. The molecule has 0 N–H and O–H groups in total. The lowest BCUT2D eigenvalue weighted by molar-refractivity contribution is 0.147. The smallest absolute Gasteiger partial charge is 0.122 e. The van der Waals surface area contributed by atoms with Gasteiger partial charge < -0.3 is 14.2 Å². The fourth-order valence-corrected chi connectivity index (χ4v) is 4.30. The third-order valence-electron chi connectivity index (χ3n) is 5.39. The highest BCUT2D eigenvalue weighted by Crippen LogP contribution is 2.21. The maximum atomic E-state index is 5.56. The highest BCUT2D eigenvalue weighted by atomic mass is 16.5. The van der Waals surface area contributed by atoms with Gasteiger partial charge in [0.25, 0.3) is 0 Å². The van der Waals surface area contributed by atoms with Crippen LogP contribution in [0.4, 0.5) is 0 Å². The summed E-state index contributed by atoms with van der Waals surface area (Å²) in [6.07, 6.45) is 8.11. The van der Waals surface area contributed by atoms with Crippen LogP contribution in [-0.4, -0.2) is 65.3 Å². The van der Waals surface area contributed by atoms with Crippen LogP contribution in [0.5, 0.6) is 0 Å². The second-order valence-electron chi connectivity index (χ2n) is 7.29. The van der Waals surface area contributed by atoms with E-state index in [0.717, 1.165) is 32.2 Å². The molecule has 3 aliphatic heterocycles. The van der Waals surface area contributed by atoms with Crippen LogP contribution in [0.25, 0.3) is 0 Å². The molecule has 0 bridgehead atoms. The second-order valence-corrected chi connectivity index (χ2v) is 7.29. The Balaban J connectivity index is 1.44. The zero-order chi connectivity index (χ0) is 14.8. The lowest BCUT2D eigenvalue weighted by atomic mass is 10.1. The van der Waals surface area contributed by atoms with E-state index in [4.69, 9.17) is 4.74 Å². The van der Waals surface area contributed by atoms with Gasteiger partial charge in [0, 0.05) is 51.1 Å². The van der Waals surface area contributed by atoms with E-state index in [-0.39, 0.29) is 0 Å². The van der Waals surface area contributed by atoms with Crippen LogP contribution in [0.2, 0.25) is 0 Å². The molecule has 5 heteroatoms. The number of fused-ring (bicyclic) bond motifs is 1. The number of imidazole rings is 1. The number of nitrogens with zero attached hydrogens (tertiary/aromatic N) is 4. The number of aromatic nitrogens is 2. The van der Waals surface area contributed by atoms with Crippen molar-refractivity contribution in [2.45, 2.75) is 32.4 Å². The van der Waals surface area contributed by atoms with Crippen LogP contribution >= 0.6 is 0 Å². The lowest BCUT2D eigenvalue weighted by Crippen LogP contribution is -2.37. The topological polar surface area (TPSA) is 33.5 Å². The Labute approximate surface area is 133 Å². The van der Waals surface area contributed by atoms with Gasteiger partial charge >= 0.3 is 0 Å². The standard InChI is InChI=1S/C17H28N4O/c1-2-6-19(5-1)10-16-11-20(9-15-3-8-22-14-15)13-17-18-4-7-21(17)12-16/h4,7,15-16H,1-3,5-6,8-14H2/t15-,16-/m1/s1. The first-order valence-corrected chi connectivity index (χ1v) is 8.89. The van der Waals surface area contributed by atoms with Gasteiger partial charge in [-0.1, -0.05) is 0 Å². The highest BCUT2D eigenvalue weighted by Gasteiger charge is 2.27. The third kappa shape index (κ3) is 3.36. The predicted molar refractivity (Wildman–Crippen MR) is 85.6 cm³/mol. The van der Waals surface area contributed by atoms with Gasteiger partial charge in [-0.05, 0) is 38.3 Å². The van der Waals surface area contributed by atoms with E-state index >= 15 is 0 Å². The SMILES string of the molecule is c1cn2c(n1)CN(C[C@H]1CCOC1)C[C@@H](CN1CCCC1)C2. The number of rotatable bonds is 4. The Morgan fingerprint density at radius 2 is 1.95 bits per heavy atom. The van der Waals surface area contributed by atoms with E-state index in [9.17, 15) is 0 Å². The van der Waals surface area contributed by atoms with Gasteiger partial charge in [-0.25, -0.2) is 4.98 Å². The molecule has 5 nitrogen and oxygen atoms in total. The molecule has 122 valence electrons. The van der Waals surface area contributed by atoms with Crippen molar-refractivity contribution in [2.24, 2.45) is 11.8 Å². The minimum absolute atomic E-state index is 0.717. The number of hydrogen-bond donors (Lipinski definition) is 0. The van der Waals surface area contributed by atoms with Crippen molar-refractivity contribution >= 4 is 0 Å². The second kappa shape index (κ2) is 6.69. The fraction of sp³-hybridized carbons (Fsp3) is 0.824. The van der Waals surface area contributed by atoms with Crippen LogP contribution in [0.1, 0.15) is 25.1 Å². The van der Waals surface area contributed by atoms with Crippen molar-refractivity contribution in [1.29, 1.82) is 0 Å². The maximum absolute atomic E-state index is 5.56. The molecule has 2 fully saturated rings. The molecule has 0 spiro atoms. The van der Waals surface area contributed by atoms with Gasteiger partial charge in [-0.2, -0.15) is 0 Å². The minimum atomic E-state index is 0.717. The van der Waals surface area contributed by atoms with Crippen LogP contribution in [0.3, 0.4) is 0 Å². The van der Waals surface area contributed by atoms with Gasteiger partial charge in [0.1, 0.15) is 5.82 Å². The zero-order valence-electron chi connectivity index (χ0n) is 13.5. The summed E-state index contributed by atoms with van der Waals surface area (Å²) in [4.78, 5) is 9.87. The molecule has 0 amide bonds. The summed E-state index contributed by atoms with van der Waals surface area (Å²) < 4.78 is 7.94. The molecule has 0 radical (unpaired) electrons. The summed E-state index contributed by atoms with van der Waals surface area (Å²) >= 11 is 0. The summed E-state index contributed by atoms with van der Waals surface area (Å²) in [5, 5.41) is 0. The molecular weight excluding hydrogens is 276 g/mol. The molecule has 0 unspecified atom stereocenters. The molecule has 1 aromatic rings. The van der Waals surface area contributed by atoms with Crippen LogP contribution in [0.15, 0.2) is 12.4 Å². The van der Waals surface area contributed by atoms with Crippen molar-refractivity contribution < 1.29 is 4.74 Å². The Morgan fingerprint density at radius 1 is 1.09 bits per heavy atom. The van der Waals surface area contributed by atoms with E-state index in [1.807, 2.05) is 6.20 Å². The first kappa shape index (κ1) is 14.7. The monoisotopic (exact) mass is 304 g/mol. The Kier molecular flexibility index (Phi) is 4.46. The molecular formula is C17H28N4O. The molecule has 4 heterocycles. The third-order valence-corrected chi connectivity index (χ3v) is 5.39. The summed E-state index contributed by atoms with van der Waals surface area (Å²) in [5.74, 6) is 2.67. The molecule has 2 saturated heterocycles. The number of ether oxygens (including phenoxy) is 1. The molecule has 0 aliphatic carbocycles. The van der Waals surface area contributed by atoms with E-state index in [1.165, 1.54) is 57.8 Å². The Morgan fingerprint density at radius 3 is 2.77 bits per heavy atom. The van der Waals surface area contributed by atoms with Gasteiger partial charge in [0.05, 0.1) is 13.2 Å². The molecule has 3 aliphatic rings. The average molecular weight is 304 g/mol. The van der Waals surface area contributed by atoms with E-state index in [1.54, 1.807) is 0 Å². The van der Waals surface area contributed by atoms with E-state index in [0.29, 0.717) is 5.92 Å². The molecule has 22 heavy (non-hydrogen) atoms. The predicted octanol–water partition coefficient (Wildman–Crippen LogP) is 1.45. The van der Waals surface area contributed by atoms with E-state index in [2.05, 4.69) is 25.5 Å². The Hall–Kier alpha value is -0.910. The first-order valence-electron chi connectivity index (χ1n) is 8.89. The van der Waals surface area contributed by atoms with Crippen molar-refractivity contribution in [3.63, 3.8) is 0 Å². The highest BCUT2D eigenvalue weighted by molar-refractivity contribution is 4.96. The van der Waals surface area contributed by atoms with Crippen molar-refractivity contribution in [1.82, 2.24) is 19.4 Å². The molecule has 1 aromatic heterocycles. The molecule has 0 aromatic carbocycles.